The van der Waals surface area contributed by atoms with Crippen molar-refractivity contribution in [1.29, 1.82) is 0 Å². The predicted molar refractivity (Wildman–Crippen MR) is 62.4 cm³/mol. The zero-order chi connectivity index (χ0) is 13.3. The van der Waals surface area contributed by atoms with Crippen molar-refractivity contribution in [1.82, 2.24) is 4.98 Å². The van der Waals surface area contributed by atoms with E-state index in [4.69, 9.17) is 5.11 Å². The molecular formula is C13H11F2NO2. The minimum atomic E-state index is -0.936. The second-order valence-corrected chi connectivity index (χ2v) is 4.11. The Balaban J connectivity index is 2.51. The van der Waals surface area contributed by atoms with Crippen LogP contribution in [0.4, 0.5) is 8.78 Å². The maximum absolute atomic E-state index is 13.6. The van der Waals surface area contributed by atoms with Gasteiger partial charge in [-0.3, -0.25) is 4.79 Å². The number of fused-ring (bicyclic) bond motifs is 1. The number of rotatable bonds is 3. The van der Waals surface area contributed by atoms with Gasteiger partial charge in [-0.05, 0) is 24.6 Å². The Labute approximate surface area is 102 Å². The summed E-state index contributed by atoms with van der Waals surface area (Å²) in [7, 11) is 0. The molecule has 0 amide bonds. The monoisotopic (exact) mass is 251 g/mol. The van der Waals surface area contributed by atoms with E-state index in [2.05, 4.69) is 4.98 Å². The van der Waals surface area contributed by atoms with Gasteiger partial charge in [-0.1, -0.05) is 0 Å². The van der Waals surface area contributed by atoms with E-state index >= 15 is 0 Å². The molecule has 0 fully saturated rings. The third-order valence-corrected chi connectivity index (χ3v) is 2.69. The second kappa shape index (κ2) is 4.68. The van der Waals surface area contributed by atoms with Crippen molar-refractivity contribution in [2.45, 2.75) is 19.8 Å². The minimum Gasteiger partial charge on any atom is -0.481 e. The molecule has 0 atom stereocenters. The van der Waals surface area contributed by atoms with Crippen LogP contribution >= 0.6 is 0 Å². The van der Waals surface area contributed by atoms with Crippen LogP contribution < -0.4 is 0 Å². The topological polar surface area (TPSA) is 50.2 Å². The zero-order valence-electron chi connectivity index (χ0n) is 9.70. The van der Waals surface area contributed by atoms with E-state index in [1.54, 1.807) is 13.0 Å². The van der Waals surface area contributed by atoms with Crippen LogP contribution in [0.25, 0.3) is 10.9 Å². The molecule has 0 unspecified atom stereocenters. The summed E-state index contributed by atoms with van der Waals surface area (Å²) >= 11 is 0. The smallest absolute Gasteiger partial charge is 0.303 e. The van der Waals surface area contributed by atoms with E-state index in [1.165, 1.54) is 6.07 Å². The zero-order valence-corrected chi connectivity index (χ0v) is 9.70. The van der Waals surface area contributed by atoms with Crippen LogP contribution in [0.2, 0.25) is 0 Å². The van der Waals surface area contributed by atoms with E-state index in [0.29, 0.717) is 16.6 Å². The third kappa shape index (κ3) is 2.45. The maximum Gasteiger partial charge on any atom is 0.303 e. The molecule has 2 rings (SSSR count). The Bertz CT molecular complexity index is 626. The number of carboxylic acids is 1. The average Bonchev–Trinajstić information content (AvgIpc) is 2.28. The molecule has 18 heavy (non-hydrogen) atoms. The first kappa shape index (κ1) is 12.4. The molecule has 0 aliphatic heterocycles. The first-order chi connectivity index (χ1) is 8.47. The highest BCUT2D eigenvalue weighted by molar-refractivity contribution is 5.82. The Morgan fingerprint density at radius 2 is 2.06 bits per heavy atom. The molecule has 1 heterocycles. The highest BCUT2D eigenvalue weighted by Gasteiger charge is 2.10. The van der Waals surface area contributed by atoms with Crippen LogP contribution in [0.1, 0.15) is 17.7 Å². The van der Waals surface area contributed by atoms with Crippen LogP contribution in [-0.4, -0.2) is 16.1 Å². The van der Waals surface area contributed by atoms with E-state index < -0.39 is 17.6 Å². The summed E-state index contributed by atoms with van der Waals surface area (Å²) in [4.78, 5) is 14.5. The number of aryl methyl sites for hydroxylation is 2. The van der Waals surface area contributed by atoms with Crippen LogP contribution in [0.3, 0.4) is 0 Å². The number of carboxylic acid groups (broad SMARTS) is 1. The quantitative estimate of drug-likeness (QED) is 0.912. The van der Waals surface area contributed by atoms with Crippen molar-refractivity contribution in [2.75, 3.05) is 0 Å². The summed E-state index contributed by atoms with van der Waals surface area (Å²) in [6.45, 7) is 1.72. The molecule has 0 saturated carbocycles. The first-order valence-corrected chi connectivity index (χ1v) is 5.44. The lowest BCUT2D eigenvalue weighted by Gasteiger charge is -2.06. The lowest BCUT2D eigenvalue weighted by Crippen LogP contribution is -2.01. The van der Waals surface area contributed by atoms with E-state index in [9.17, 15) is 13.6 Å². The first-order valence-electron chi connectivity index (χ1n) is 5.44. The van der Waals surface area contributed by atoms with Crippen molar-refractivity contribution in [3.8, 4) is 0 Å². The highest BCUT2D eigenvalue weighted by Crippen LogP contribution is 2.22. The van der Waals surface area contributed by atoms with Gasteiger partial charge in [0.1, 0.15) is 11.3 Å². The summed E-state index contributed by atoms with van der Waals surface area (Å²) in [5, 5.41) is 9.01. The fourth-order valence-electron chi connectivity index (χ4n) is 1.85. The van der Waals surface area contributed by atoms with Gasteiger partial charge in [0.25, 0.3) is 0 Å². The maximum atomic E-state index is 13.6. The van der Waals surface area contributed by atoms with Crippen molar-refractivity contribution in [3.63, 3.8) is 0 Å². The molecule has 1 aromatic heterocycles. The van der Waals surface area contributed by atoms with Gasteiger partial charge in [0.15, 0.2) is 5.82 Å². The molecule has 0 aliphatic carbocycles. The number of pyridine rings is 1. The molecule has 0 aliphatic rings. The summed E-state index contributed by atoms with van der Waals surface area (Å²) in [5.41, 5.74) is 1.25. The van der Waals surface area contributed by atoms with Gasteiger partial charge in [0.05, 0.1) is 6.42 Å². The Hall–Kier alpha value is -2.04. The van der Waals surface area contributed by atoms with Gasteiger partial charge in [-0.25, -0.2) is 13.8 Å². The van der Waals surface area contributed by atoms with Crippen LogP contribution in [0.5, 0.6) is 0 Å². The van der Waals surface area contributed by atoms with E-state index in [-0.39, 0.29) is 18.4 Å². The molecule has 0 radical (unpaired) electrons. The fourth-order valence-corrected chi connectivity index (χ4v) is 1.85. The molecule has 2 aromatic rings. The number of hydrogen-bond acceptors (Lipinski definition) is 2. The van der Waals surface area contributed by atoms with E-state index in [1.807, 2.05) is 0 Å². The number of carbonyl (C=O) groups is 1. The molecule has 0 bridgehead atoms. The van der Waals surface area contributed by atoms with Crippen LogP contribution in [0.15, 0.2) is 18.2 Å². The fraction of sp³-hybridized carbons (Fsp3) is 0.231. The lowest BCUT2D eigenvalue weighted by molar-refractivity contribution is -0.136. The van der Waals surface area contributed by atoms with Crippen molar-refractivity contribution in [2.24, 2.45) is 0 Å². The Morgan fingerprint density at radius 1 is 1.33 bits per heavy atom. The second-order valence-electron chi connectivity index (χ2n) is 4.11. The molecule has 1 N–H and O–H groups in total. The number of benzene rings is 1. The summed E-state index contributed by atoms with van der Waals surface area (Å²) < 4.78 is 26.7. The van der Waals surface area contributed by atoms with Gasteiger partial charge in [0, 0.05) is 23.6 Å². The molecular weight excluding hydrogens is 240 g/mol. The van der Waals surface area contributed by atoms with Gasteiger partial charge in [0.2, 0.25) is 0 Å². The summed E-state index contributed by atoms with van der Waals surface area (Å²) in [6, 6.07) is 3.65. The average molecular weight is 251 g/mol. The number of aliphatic carboxylic acids is 1. The van der Waals surface area contributed by atoms with Gasteiger partial charge < -0.3 is 5.11 Å². The predicted octanol–water partition coefficient (Wildman–Crippen LogP) is 2.84. The van der Waals surface area contributed by atoms with E-state index in [0.717, 1.165) is 6.07 Å². The number of halogens is 2. The van der Waals surface area contributed by atoms with Gasteiger partial charge in [-0.15, -0.1) is 0 Å². The molecule has 1 aromatic carbocycles. The van der Waals surface area contributed by atoms with Crippen molar-refractivity contribution in [3.05, 3.63) is 41.1 Å². The molecule has 5 heteroatoms. The molecule has 3 nitrogen and oxygen atoms in total. The Morgan fingerprint density at radius 3 is 2.72 bits per heavy atom. The third-order valence-electron chi connectivity index (χ3n) is 2.69. The van der Waals surface area contributed by atoms with Crippen LogP contribution in [-0.2, 0) is 11.2 Å². The summed E-state index contributed by atoms with van der Waals surface area (Å²) in [5.74, 6) is -2.32. The van der Waals surface area contributed by atoms with Crippen LogP contribution in [0, 0.1) is 18.6 Å². The summed E-state index contributed by atoms with van der Waals surface area (Å²) in [6.07, 6.45) is 0.156. The number of hydrogen-bond donors (Lipinski definition) is 1. The van der Waals surface area contributed by atoms with Crippen molar-refractivity contribution >= 4 is 16.9 Å². The molecule has 0 spiro atoms. The molecule has 94 valence electrons. The molecule has 0 saturated heterocycles. The van der Waals surface area contributed by atoms with Crippen molar-refractivity contribution < 1.29 is 18.7 Å². The minimum absolute atomic E-state index is 0.0687. The normalized spacial score (nSPS) is 10.8. The largest absolute Gasteiger partial charge is 0.481 e. The number of nitrogens with zero attached hydrogens (tertiary/aromatic N) is 1. The van der Waals surface area contributed by atoms with Gasteiger partial charge in [-0.2, -0.15) is 0 Å². The Kier molecular flexibility index (Phi) is 3.23. The lowest BCUT2D eigenvalue weighted by atomic mass is 10.1. The van der Waals surface area contributed by atoms with Gasteiger partial charge >= 0.3 is 5.97 Å². The highest BCUT2D eigenvalue weighted by atomic mass is 19.1. The number of aromatic nitrogens is 1. The standard InChI is InChI=1S/C13H11F2NO2/c1-7-4-9(2-3-12(17)18)16-13-10(7)5-8(14)6-11(13)15/h4-6H,2-3H2,1H3,(H,17,18). The SMILES string of the molecule is Cc1cc(CCC(=O)O)nc2c(F)cc(F)cc12.